The first-order chi connectivity index (χ1) is 15.3. The molecule has 0 saturated heterocycles. The summed E-state index contributed by atoms with van der Waals surface area (Å²) in [5, 5.41) is 3.87. The van der Waals surface area contributed by atoms with Gasteiger partial charge in [-0.1, -0.05) is 29.8 Å². The molecule has 0 aliphatic heterocycles. The van der Waals surface area contributed by atoms with Crippen molar-refractivity contribution in [3.8, 4) is 17.2 Å². The smallest absolute Gasteiger partial charge is 0.276 e. The fourth-order valence-corrected chi connectivity index (χ4v) is 4.14. The molecule has 0 radical (unpaired) electrons. The fraction of sp³-hybridized carbons (Fsp3) is 0.174. The van der Waals surface area contributed by atoms with Crippen molar-refractivity contribution in [2.45, 2.75) is 18.4 Å². The van der Waals surface area contributed by atoms with Gasteiger partial charge in [0.15, 0.2) is 11.5 Å². The van der Waals surface area contributed by atoms with Crippen LogP contribution in [0, 0.1) is 6.92 Å². The highest BCUT2D eigenvalue weighted by molar-refractivity contribution is 9.10. The molecule has 0 unspecified atom stereocenters. The third-order valence-corrected chi connectivity index (χ3v) is 6.34. The van der Waals surface area contributed by atoms with E-state index in [0.29, 0.717) is 33.9 Å². The van der Waals surface area contributed by atoms with Crippen molar-refractivity contribution in [2.75, 3.05) is 14.2 Å². The highest BCUT2D eigenvalue weighted by Crippen LogP contribution is 2.36. The summed E-state index contributed by atoms with van der Waals surface area (Å²) in [5.74, 6) is 1.60. The number of methoxy groups -OCH3 is 2. The fourth-order valence-electron chi connectivity index (χ4n) is 2.77. The topological polar surface area (TPSA) is 86.2 Å². The van der Waals surface area contributed by atoms with Crippen molar-refractivity contribution in [2.24, 2.45) is 5.10 Å². The van der Waals surface area contributed by atoms with E-state index in [1.54, 1.807) is 24.3 Å². The second-order valence-electron chi connectivity index (χ2n) is 6.84. The summed E-state index contributed by atoms with van der Waals surface area (Å²) in [4.78, 5) is 2.28. The molecule has 1 N–H and O–H groups in total. The quantitative estimate of drug-likeness (QED) is 0.328. The molecule has 0 aliphatic carbocycles. The van der Waals surface area contributed by atoms with Gasteiger partial charge in [0.1, 0.15) is 12.4 Å². The lowest BCUT2D eigenvalue weighted by Gasteiger charge is -2.13. The van der Waals surface area contributed by atoms with Crippen LogP contribution in [0.2, 0.25) is 0 Å². The summed E-state index contributed by atoms with van der Waals surface area (Å²) < 4.78 is 41.9. The van der Waals surface area contributed by atoms with Gasteiger partial charge in [0.05, 0.1) is 29.8 Å². The summed E-state index contributed by atoms with van der Waals surface area (Å²) in [6.45, 7) is 2.41. The van der Waals surface area contributed by atoms with Gasteiger partial charge in [-0.2, -0.15) is 13.5 Å². The first-order valence-electron chi connectivity index (χ1n) is 9.57. The van der Waals surface area contributed by atoms with E-state index in [9.17, 15) is 8.42 Å². The number of benzene rings is 3. The molecule has 3 rings (SSSR count). The molecule has 32 heavy (non-hydrogen) atoms. The summed E-state index contributed by atoms with van der Waals surface area (Å²) >= 11 is 3.49. The van der Waals surface area contributed by atoms with Gasteiger partial charge >= 0.3 is 0 Å². The Bertz CT molecular complexity index is 1190. The van der Waals surface area contributed by atoms with Crippen LogP contribution in [0.4, 0.5) is 0 Å². The maximum absolute atomic E-state index is 12.4. The van der Waals surface area contributed by atoms with Crippen molar-refractivity contribution in [3.63, 3.8) is 0 Å². The molecule has 0 fully saturated rings. The molecule has 168 valence electrons. The molecule has 0 heterocycles. The zero-order chi connectivity index (χ0) is 23.1. The molecular weight excluding hydrogens is 496 g/mol. The van der Waals surface area contributed by atoms with Gasteiger partial charge in [0, 0.05) is 0 Å². The SMILES string of the molecule is COc1ccc(S(=O)(=O)N/N=C\c2cc(Br)c(OCc3ccc(C)cc3)c(OC)c2)cc1. The Labute approximate surface area is 196 Å². The van der Waals surface area contributed by atoms with E-state index < -0.39 is 10.0 Å². The lowest BCUT2D eigenvalue weighted by Crippen LogP contribution is -2.18. The van der Waals surface area contributed by atoms with Crippen LogP contribution < -0.4 is 19.0 Å². The van der Waals surface area contributed by atoms with Crippen LogP contribution in [0.1, 0.15) is 16.7 Å². The second-order valence-corrected chi connectivity index (χ2v) is 9.35. The molecule has 0 aliphatic rings. The number of nitrogens with one attached hydrogen (secondary N) is 1. The van der Waals surface area contributed by atoms with Crippen LogP contribution in [0.3, 0.4) is 0 Å². The van der Waals surface area contributed by atoms with E-state index in [-0.39, 0.29) is 4.90 Å². The van der Waals surface area contributed by atoms with Crippen LogP contribution in [0.25, 0.3) is 0 Å². The lowest BCUT2D eigenvalue weighted by atomic mass is 10.2. The Balaban J connectivity index is 1.71. The van der Waals surface area contributed by atoms with Gasteiger partial charge in [-0.15, -0.1) is 0 Å². The zero-order valence-corrected chi connectivity index (χ0v) is 20.2. The second kappa shape index (κ2) is 10.5. The maximum atomic E-state index is 12.4. The van der Waals surface area contributed by atoms with Crippen LogP contribution in [-0.2, 0) is 16.6 Å². The summed E-state index contributed by atoms with van der Waals surface area (Å²) in [7, 11) is -0.756. The van der Waals surface area contributed by atoms with Crippen molar-refractivity contribution in [3.05, 3.63) is 81.8 Å². The number of sulfonamides is 1. The Morgan fingerprint density at radius 1 is 1.00 bits per heavy atom. The van der Waals surface area contributed by atoms with E-state index in [1.165, 1.54) is 38.1 Å². The number of hydrogen-bond donors (Lipinski definition) is 1. The molecule has 0 spiro atoms. The van der Waals surface area contributed by atoms with Gasteiger partial charge in [0.2, 0.25) is 0 Å². The number of hydrazone groups is 1. The highest BCUT2D eigenvalue weighted by Gasteiger charge is 2.14. The van der Waals surface area contributed by atoms with Crippen LogP contribution in [-0.4, -0.2) is 28.9 Å². The molecule has 7 nitrogen and oxygen atoms in total. The van der Waals surface area contributed by atoms with E-state index in [2.05, 4.69) is 25.9 Å². The van der Waals surface area contributed by atoms with E-state index in [0.717, 1.165) is 5.56 Å². The lowest BCUT2D eigenvalue weighted by molar-refractivity contribution is 0.282. The van der Waals surface area contributed by atoms with E-state index in [4.69, 9.17) is 14.2 Å². The van der Waals surface area contributed by atoms with Gasteiger partial charge < -0.3 is 14.2 Å². The first-order valence-corrected chi connectivity index (χ1v) is 11.8. The molecule has 3 aromatic carbocycles. The third kappa shape index (κ3) is 6.02. The van der Waals surface area contributed by atoms with Gasteiger partial charge in [0.25, 0.3) is 10.0 Å². The maximum Gasteiger partial charge on any atom is 0.276 e. The molecule has 0 amide bonds. The predicted octanol–water partition coefficient (Wildman–Crippen LogP) is 4.67. The summed E-state index contributed by atoms with van der Waals surface area (Å²) in [5.41, 5.74) is 2.83. The minimum absolute atomic E-state index is 0.0778. The van der Waals surface area contributed by atoms with Crippen molar-refractivity contribution in [1.29, 1.82) is 0 Å². The first kappa shape index (κ1) is 23.6. The van der Waals surface area contributed by atoms with E-state index >= 15 is 0 Å². The standard InChI is InChI=1S/C23H23BrN2O5S/c1-16-4-6-17(7-5-16)15-31-23-21(24)12-18(13-22(23)30-3)14-25-26-32(27,28)20-10-8-19(29-2)9-11-20/h4-14,26H,15H2,1-3H3/b25-14-. The van der Waals surface area contributed by atoms with Crippen molar-refractivity contribution in [1.82, 2.24) is 4.83 Å². The van der Waals surface area contributed by atoms with Gasteiger partial charge in [-0.05, 0) is 70.4 Å². The molecule has 0 aromatic heterocycles. The number of halogens is 1. The number of ether oxygens (including phenoxy) is 3. The molecular formula is C23H23BrN2O5S. The Morgan fingerprint density at radius 2 is 1.69 bits per heavy atom. The average molecular weight is 519 g/mol. The minimum atomic E-state index is -3.80. The number of hydrogen-bond acceptors (Lipinski definition) is 6. The van der Waals surface area contributed by atoms with Crippen LogP contribution in [0.15, 0.2) is 75.1 Å². The highest BCUT2D eigenvalue weighted by atomic mass is 79.9. The normalized spacial score (nSPS) is 11.4. The zero-order valence-electron chi connectivity index (χ0n) is 17.8. The molecule has 0 atom stereocenters. The molecule has 0 bridgehead atoms. The Morgan fingerprint density at radius 3 is 2.31 bits per heavy atom. The molecule has 9 heteroatoms. The number of nitrogens with zero attached hydrogens (tertiary/aromatic N) is 1. The van der Waals surface area contributed by atoms with E-state index in [1.807, 2.05) is 31.2 Å². The third-order valence-electron chi connectivity index (χ3n) is 4.51. The van der Waals surface area contributed by atoms with Gasteiger partial charge in [-0.25, -0.2) is 4.83 Å². The Kier molecular flexibility index (Phi) is 7.76. The predicted molar refractivity (Wildman–Crippen MR) is 127 cm³/mol. The number of aryl methyl sites for hydroxylation is 1. The summed E-state index contributed by atoms with van der Waals surface area (Å²) in [6, 6.07) is 17.5. The minimum Gasteiger partial charge on any atom is -0.497 e. The number of rotatable bonds is 9. The summed E-state index contributed by atoms with van der Waals surface area (Å²) in [6.07, 6.45) is 1.39. The molecule has 3 aromatic rings. The monoisotopic (exact) mass is 518 g/mol. The van der Waals surface area contributed by atoms with Crippen molar-refractivity contribution < 1.29 is 22.6 Å². The largest absolute Gasteiger partial charge is 0.497 e. The van der Waals surface area contributed by atoms with Crippen LogP contribution >= 0.6 is 15.9 Å². The molecule has 0 saturated carbocycles. The van der Waals surface area contributed by atoms with Crippen molar-refractivity contribution >= 4 is 32.2 Å². The van der Waals surface area contributed by atoms with Gasteiger partial charge in [-0.3, -0.25) is 0 Å². The average Bonchev–Trinajstić information content (AvgIpc) is 2.79. The van der Waals surface area contributed by atoms with Crippen LogP contribution in [0.5, 0.6) is 17.2 Å². The Hall–Kier alpha value is -3.04.